The second-order valence-electron chi connectivity index (χ2n) is 6.79. The summed E-state index contributed by atoms with van der Waals surface area (Å²) in [4.78, 5) is 18.8. The molecule has 4 rings (SSSR count). The van der Waals surface area contributed by atoms with Gasteiger partial charge in [-0.25, -0.2) is 4.98 Å². The average molecular weight is 352 g/mol. The third kappa shape index (κ3) is 3.96. The van der Waals surface area contributed by atoms with Crippen LogP contribution in [0.5, 0.6) is 0 Å². The summed E-state index contributed by atoms with van der Waals surface area (Å²) in [5, 5.41) is 6.14. The first kappa shape index (κ1) is 16.8. The Labute approximate surface area is 153 Å². The molecule has 0 aliphatic carbocycles. The normalized spacial score (nSPS) is 19.5. The molecule has 26 heavy (non-hydrogen) atoms. The van der Waals surface area contributed by atoms with E-state index in [-0.39, 0.29) is 12.0 Å². The number of aromatic nitrogens is 1. The van der Waals surface area contributed by atoms with E-state index in [0.29, 0.717) is 12.4 Å². The van der Waals surface area contributed by atoms with E-state index in [4.69, 9.17) is 4.74 Å². The molecule has 1 unspecified atom stereocenters. The van der Waals surface area contributed by atoms with Crippen LogP contribution in [0.15, 0.2) is 42.6 Å². The standard InChI is InChI=1S/C20H24N4O2/c25-20(18-4-3-13-26-18)23-19-10-7-16(14-21-19)22-15-5-8-17(9-6-15)24-11-1-2-12-24/h5-10,14,18,22H,1-4,11-13H2,(H,21,23,25). The summed E-state index contributed by atoms with van der Waals surface area (Å²) in [5.41, 5.74) is 3.18. The van der Waals surface area contributed by atoms with Gasteiger partial charge in [-0.1, -0.05) is 0 Å². The van der Waals surface area contributed by atoms with E-state index in [1.54, 1.807) is 12.3 Å². The second kappa shape index (κ2) is 7.74. The molecule has 6 heteroatoms. The number of rotatable bonds is 5. The Hall–Kier alpha value is -2.60. The van der Waals surface area contributed by atoms with Crippen molar-refractivity contribution in [2.24, 2.45) is 0 Å². The summed E-state index contributed by atoms with van der Waals surface area (Å²) in [6.07, 6.45) is 5.65. The number of carbonyl (C=O) groups excluding carboxylic acids is 1. The van der Waals surface area contributed by atoms with Gasteiger partial charge in [-0.3, -0.25) is 4.79 Å². The lowest BCUT2D eigenvalue weighted by molar-refractivity contribution is -0.124. The number of anilines is 4. The number of amides is 1. The third-order valence-corrected chi connectivity index (χ3v) is 4.86. The van der Waals surface area contributed by atoms with Crippen molar-refractivity contribution in [1.29, 1.82) is 0 Å². The molecule has 6 nitrogen and oxygen atoms in total. The van der Waals surface area contributed by atoms with Crippen molar-refractivity contribution in [2.75, 3.05) is 35.2 Å². The van der Waals surface area contributed by atoms with Crippen molar-refractivity contribution < 1.29 is 9.53 Å². The number of nitrogens with one attached hydrogen (secondary N) is 2. The molecule has 0 saturated carbocycles. The highest BCUT2D eigenvalue weighted by atomic mass is 16.5. The van der Waals surface area contributed by atoms with Gasteiger partial charge in [0.25, 0.3) is 5.91 Å². The fourth-order valence-electron chi connectivity index (χ4n) is 3.43. The Morgan fingerprint density at radius 3 is 2.46 bits per heavy atom. The van der Waals surface area contributed by atoms with E-state index >= 15 is 0 Å². The van der Waals surface area contributed by atoms with E-state index in [2.05, 4.69) is 44.8 Å². The van der Waals surface area contributed by atoms with Crippen LogP contribution in [-0.2, 0) is 9.53 Å². The van der Waals surface area contributed by atoms with Crippen LogP contribution in [-0.4, -0.2) is 36.7 Å². The van der Waals surface area contributed by atoms with E-state index < -0.39 is 0 Å². The number of hydrogen-bond donors (Lipinski definition) is 2. The predicted octanol–water partition coefficient (Wildman–Crippen LogP) is 3.54. The van der Waals surface area contributed by atoms with Crippen LogP contribution < -0.4 is 15.5 Å². The molecular weight excluding hydrogens is 328 g/mol. The Kier molecular flexibility index (Phi) is 5.02. The molecule has 1 amide bonds. The lowest BCUT2D eigenvalue weighted by atomic mass is 10.2. The number of ether oxygens (including phenoxy) is 1. The van der Waals surface area contributed by atoms with Gasteiger partial charge in [-0.15, -0.1) is 0 Å². The minimum atomic E-state index is -0.344. The molecule has 1 aromatic carbocycles. The maximum atomic E-state index is 12.0. The zero-order valence-corrected chi connectivity index (χ0v) is 14.8. The first-order valence-corrected chi connectivity index (χ1v) is 9.28. The van der Waals surface area contributed by atoms with Gasteiger partial charge in [0.2, 0.25) is 0 Å². The molecule has 0 spiro atoms. The molecule has 2 fully saturated rings. The minimum Gasteiger partial charge on any atom is -0.372 e. The van der Waals surface area contributed by atoms with Crippen LogP contribution in [0.2, 0.25) is 0 Å². The summed E-state index contributed by atoms with van der Waals surface area (Å²) in [5.74, 6) is 0.425. The highest BCUT2D eigenvalue weighted by molar-refractivity contribution is 5.93. The van der Waals surface area contributed by atoms with Crippen LogP contribution in [0, 0.1) is 0 Å². The summed E-state index contributed by atoms with van der Waals surface area (Å²) < 4.78 is 5.38. The molecule has 0 radical (unpaired) electrons. The van der Waals surface area contributed by atoms with Gasteiger partial charge < -0.3 is 20.3 Å². The Bertz CT molecular complexity index is 733. The summed E-state index contributed by atoms with van der Waals surface area (Å²) in [6, 6.07) is 12.2. The van der Waals surface area contributed by atoms with E-state index in [1.807, 2.05) is 6.07 Å². The molecule has 3 heterocycles. The van der Waals surface area contributed by atoms with Crippen molar-refractivity contribution in [2.45, 2.75) is 31.8 Å². The van der Waals surface area contributed by atoms with Gasteiger partial charge in [0.15, 0.2) is 0 Å². The Balaban J connectivity index is 1.34. The number of pyridine rings is 1. The first-order chi connectivity index (χ1) is 12.8. The van der Waals surface area contributed by atoms with Crippen molar-refractivity contribution in [1.82, 2.24) is 4.98 Å². The van der Waals surface area contributed by atoms with Crippen LogP contribution >= 0.6 is 0 Å². The van der Waals surface area contributed by atoms with Gasteiger partial charge in [0, 0.05) is 31.1 Å². The van der Waals surface area contributed by atoms with E-state index in [1.165, 1.54) is 18.5 Å². The molecule has 2 saturated heterocycles. The maximum Gasteiger partial charge on any atom is 0.254 e. The smallest absolute Gasteiger partial charge is 0.254 e. The average Bonchev–Trinajstić information content (AvgIpc) is 3.38. The lowest BCUT2D eigenvalue weighted by Gasteiger charge is -2.18. The van der Waals surface area contributed by atoms with Gasteiger partial charge in [-0.2, -0.15) is 0 Å². The number of carbonyl (C=O) groups is 1. The molecule has 0 bridgehead atoms. The molecular formula is C20H24N4O2. The second-order valence-corrected chi connectivity index (χ2v) is 6.79. The molecule has 136 valence electrons. The zero-order valence-electron chi connectivity index (χ0n) is 14.8. The molecule has 1 aromatic heterocycles. The van der Waals surface area contributed by atoms with Gasteiger partial charge in [0.1, 0.15) is 11.9 Å². The SMILES string of the molecule is O=C(Nc1ccc(Nc2ccc(N3CCCC3)cc2)cn1)C1CCCO1. The molecule has 1 atom stereocenters. The van der Waals surface area contributed by atoms with Crippen LogP contribution in [0.3, 0.4) is 0 Å². The summed E-state index contributed by atoms with van der Waals surface area (Å²) in [7, 11) is 0. The number of hydrogen-bond acceptors (Lipinski definition) is 5. The monoisotopic (exact) mass is 352 g/mol. The first-order valence-electron chi connectivity index (χ1n) is 9.28. The lowest BCUT2D eigenvalue weighted by Crippen LogP contribution is -2.27. The van der Waals surface area contributed by atoms with Crippen molar-refractivity contribution in [3.05, 3.63) is 42.6 Å². The Morgan fingerprint density at radius 1 is 1.04 bits per heavy atom. The van der Waals surface area contributed by atoms with Crippen LogP contribution in [0.25, 0.3) is 0 Å². The molecule has 2 aliphatic heterocycles. The zero-order chi connectivity index (χ0) is 17.8. The fraction of sp³-hybridized carbons (Fsp3) is 0.400. The van der Waals surface area contributed by atoms with Crippen LogP contribution in [0.1, 0.15) is 25.7 Å². The molecule has 2 aromatic rings. The summed E-state index contributed by atoms with van der Waals surface area (Å²) in [6.45, 7) is 2.95. The van der Waals surface area contributed by atoms with Crippen molar-refractivity contribution in [3.8, 4) is 0 Å². The third-order valence-electron chi connectivity index (χ3n) is 4.86. The van der Waals surface area contributed by atoms with Crippen molar-refractivity contribution in [3.63, 3.8) is 0 Å². The van der Waals surface area contributed by atoms with E-state index in [9.17, 15) is 4.79 Å². The van der Waals surface area contributed by atoms with E-state index in [0.717, 1.165) is 37.3 Å². The number of nitrogens with zero attached hydrogens (tertiary/aromatic N) is 2. The minimum absolute atomic E-state index is 0.117. The number of benzene rings is 1. The highest BCUT2D eigenvalue weighted by Crippen LogP contribution is 2.24. The maximum absolute atomic E-state index is 12.0. The molecule has 2 N–H and O–H groups in total. The van der Waals surface area contributed by atoms with Crippen LogP contribution in [0.4, 0.5) is 22.9 Å². The van der Waals surface area contributed by atoms with Gasteiger partial charge in [0.05, 0.1) is 11.9 Å². The van der Waals surface area contributed by atoms with Gasteiger partial charge >= 0.3 is 0 Å². The predicted molar refractivity (Wildman–Crippen MR) is 103 cm³/mol. The Morgan fingerprint density at radius 2 is 1.81 bits per heavy atom. The van der Waals surface area contributed by atoms with Gasteiger partial charge in [-0.05, 0) is 62.1 Å². The van der Waals surface area contributed by atoms with Crippen molar-refractivity contribution >= 4 is 28.8 Å². The molecule has 2 aliphatic rings. The largest absolute Gasteiger partial charge is 0.372 e. The highest BCUT2D eigenvalue weighted by Gasteiger charge is 2.23. The quantitative estimate of drug-likeness (QED) is 0.861. The fourth-order valence-corrected chi connectivity index (χ4v) is 3.43. The topological polar surface area (TPSA) is 66.5 Å². The summed E-state index contributed by atoms with van der Waals surface area (Å²) >= 11 is 0.